The Kier molecular flexibility index (Phi) is 4.90. The van der Waals surface area contributed by atoms with Crippen molar-refractivity contribution in [1.82, 2.24) is 9.80 Å². The van der Waals surface area contributed by atoms with Gasteiger partial charge in [-0.15, -0.1) is 0 Å². The molecule has 2 amide bonds. The number of aryl methyl sites for hydroxylation is 1. The van der Waals surface area contributed by atoms with Crippen LogP contribution in [-0.2, 0) is 16.0 Å². The molecule has 0 saturated carbocycles. The van der Waals surface area contributed by atoms with Crippen molar-refractivity contribution < 1.29 is 14.0 Å². The number of primary amides is 1. The molecule has 2 N–H and O–H groups in total. The first-order valence-corrected chi connectivity index (χ1v) is 6.99. The topological polar surface area (TPSA) is 66.6 Å². The van der Waals surface area contributed by atoms with E-state index < -0.39 is 11.9 Å². The summed E-state index contributed by atoms with van der Waals surface area (Å²) >= 11 is 0. The number of carbonyl (C=O) groups excluding carboxylic acids is 2. The van der Waals surface area contributed by atoms with Crippen LogP contribution in [0.25, 0.3) is 0 Å². The fourth-order valence-electron chi connectivity index (χ4n) is 2.47. The van der Waals surface area contributed by atoms with Crippen LogP contribution in [0.4, 0.5) is 4.39 Å². The Morgan fingerprint density at radius 2 is 1.95 bits per heavy atom. The van der Waals surface area contributed by atoms with E-state index in [4.69, 9.17) is 5.73 Å². The zero-order valence-corrected chi connectivity index (χ0v) is 12.1. The SMILES string of the molecule is CN1CCN(C(=O)CCc2ccc(F)cc2)C[C@H]1C(N)=O. The van der Waals surface area contributed by atoms with Gasteiger partial charge in [0.25, 0.3) is 0 Å². The van der Waals surface area contributed by atoms with Crippen LogP contribution in [0.3, 0.4) is 0 Å². The molecule has 1 atom stereocenters. The van der Waals surface area contributed by atoms with Gasteiger partial charge in [0.15, 0.2) is 0 Å². The maximum atomic E-state index is 12.8. The highest BCUT2D eigenvalue weighted by molar-refractivity contribution is 5.82. The van der Waals surface area contributed by atoms with Gasteiger partial charge in [-0.05, 0) is 31.2 Å². The number of benzene rings is 1. The number of carbonyl (C=O) groups is 2. The van der Waals surface area contributed by atoms with Gasteiger partial charge in [0.1, 0.15) is 11.9 Å². The predicted molar refractivity (Wildman–Crippen MR) is 76.9 cm³/mol. The summed E-state index contributed by atoms with van der Waals surface area (Å²) in [6.07, 6.45) is 0.910. The van der Waals surface area contributed by atoms with Crippen molar-refractivity contribution in [3.05, 3.63) is 35.6 Å². The summed E-state index contributed by atoms with van der Waals surface area (Å²) in [5, 5.41) is 0. The van der Waals surface area contributed by atoms with Crippen LogP contribution < -0.4 is 5.73 Å². The Labute approximate surface area is 123 Å². The summed E-state index contributed by atoms with van der Waals surface area (Å²) in [5.74, 6) is -0.694. The molecule has 0 bridgehead atoms. The van der Waals surface area contributed by atoms with Crippen molar-refractivity contribution in [2.75, 3.05) is 26.7 Å². The molecule has 0 spiro atoms. The van der Waals surface area contributed by atoms with Gasteiger partial charge in [-0.1, -0.05) is 12.1 Å². The number of nitrogens with two attached hydrogens (primary N) is 1. The molecule has 6 heteroatoms. The first-order chi connectivity index (χ1) is 9.97. The van der Waals surface area contributed by atoms with E-state index >= 15 is 0 Å². The molecule has 114 valence electrons. The fourth-order valence-corrected chi connectivity index (χ4v) is 2.47. The van der Waals surface area contributed by atoms with Crippen molar-refractivity contribution in [2.24, 2.45) is 5.73 Å². The lowest BCUT2D eigenvalue weighted by molar-refractivity contribution is -0.136. The fraction of sp³-hybridized carbons (Fsp3) is 0.467. The molecule has 21 heavy (non-hydrogen) atoms. The Balaban J connectivity index is 1.88. The van der Waals surface area contributed by atoms with E-state index in [0.29, 0.717) is 32.5 Å². The summed E-state index contributed by atoms with van der Waals surface area (Å²) in [5.41, 5.74) is 6.27. The van der Waals surface area contributed by atoms with Gasteiger partial charge in [0, 0.05) is 26.1 Å². The van der Waals surface area contributed by atoms with Gasteiger partial charge < -0.3 is 10.6 Å². The predicted octanol–water partition coefficient (Wildman–Crippen LogP) is 0.386. The molecular weight excluding hydrogens is 273 g/mol. The number of likely N-dealkylation sites (N-methyl/N-ethyl adjacent to an activating group) is 1. The third-order valence-electron chi connectivity index (χ3n) is 3.87. The van der Waals surface area contributed by atoms with Crippen LogP contribution in [0.2, 0.25) is 0 Å². The van der Waals surface area contributed by atoms with E-state index in [0.717, 1.165) is 5.56 Å². The second-order valence-electron chi connectivity index (χ2n) is 5.36. The largest absolute Gasteiger partial charge is 0.368 e. The van der Waals surface area contributed by atoms with Crippen LogP contribution in [0.15, 0.2) is 24.3 Å². The Morgan fingerprint density at radius 3 is 2.57 bits per heavy atom. The van der Waals surface area contributed by atoms with E-state index in [9.17, 15) is 14.0 Å². The number of hydrogen-bond donors (Lipinski definition) is 1. The molecule has 1 fully saturated rings. The Bertz CT molecular complexity index is 518. The lowest BCUT2D eigenvalue weighted by Crippen LogP contribution is -2.57. The van der Waals surface area contributed by atoms with Crippen molar-refractivity contribution >= 4 is 11.8 Å². The lowest BCUT2D eigenvalue weighted by Gasteiger charge is -2.37. The highest BCUT2D eigenvalue weighted by atomic mass is 19.1. The van der Waals surface area contributed by atoms with Gasteiger partial charge in [-0.2, -0.15) is 0 Å². The number of piperazine rings is 1. The molecule has 1 aliphatic rings. The van der Waals surface area contributed by atoms with E-state index in [1.54, 1.807) is 17.0 Å². The summed E-state index contributed by atoms with van der Waals surface area (Å²) < 4.78 is 12.8. The molecule has 1 saturated heterocycles. The normalized spacial score (nSPS) is 19.5. The lowest BCUT2D eigenvalue weighted by atomic mass is 10.1. The zero-order valence-electron chi connectivity index (χ0n) is 12.1. The quantitative estimate of drug-likeness (QED) is 0.873. The molecule has 0 radical (unpaired) electrons. The second kappa shape index (κ2) is 6.67. The third-order valence-corrected chi connectivity index (χ3v) is 3.87. The monoisotopic (exact) mass is 293 g/mol. The standard InChI is InChI=1S/C15H20FN3O2/c1-18-8-9-19(10-13(18)15(17)21)14(20)7-4-11-2-5-12(16)6-3-11/h2-3,5-6,13H,4,7-10H2,1H3,(H2,17,21)/t13-/m0/s1. The van der Waals surface area contributed by atoms with E-state index in [-0.39, 0.29) is 11.7 Å². The van der Waals surface area contributed by atoms with Gasteiger partial charge in [0.2, 0.25) is 11.8 Å². The Morgan fingerprint density at radius 1 is 1.29 bits per heavy atom. The van der Waals surface area contributed by atoms with Crippen molar-refractivity contribution in [2.45, 2.75) is 18.9 Å². The van der Waals surface area contributed by atoms with Gasteiger partial charge >= 0.3 is 0 Å². The van der Waals surface area contributed by atoms with E-state index in [2.05, 4.69) is 0 Å². The molecule has 0 unspecified atom stereocenters. The number of amides is 2. The maximum absolute atomic E-state index is 12.8. The molecule has 1 aliphatic heterocycles. The molecule has 1 heterocycles. The molecule has 0 aromatic heterocycles. The van der Waals surface area contributed by atoms with Gasteiger partial charge in [-0.25, -0.2) is 4.39 Å². The van der Waals surface area contributed by atoms with Crippen LogP contribution >= 0.6 is 0 Å². The average molecular weight is 293 g/mol. The van der Waals surface area contributed by atoms with Crippen LogP contribution in [0.5, 0.6) is 0 Å². The van der Waals surface area contributed by atoms with Crippen LogP contribution in [0, 0.1) is 5.82 Å². The highest BCUT2D eigenvalue weighted by Crippen LogP contribution is 2.11. The summed E-state index contributed by atoms with van der Waals surface area (Å²) in [7, 11) is 1.83. The number of halogens is 1. The average Bonchev–Trinajstić information content (AvgIpc) is 2.46. The Hall–Kier alpha value is -1.95. The summed E-state index contributed by atoms with van der Waals surface area (Å²) in [6.45, 7) is 1.58. The molecule has 1 aromatic carbocycles. The van der Waals surface area contributed by atoms with Crippen LogP contribution in [-0.4, -0.2) is 54.3 Å². The smallest absolute Gasteiger partial charge is 0.236 e. The molecule has 2 rings (SSSR count). The molecule has 1 aromatic rings. The number of hydrogen-bond acceptors (Lipinski definition) is 3. The van der Waals surface area contributed by atoms with Gasteiger partial charge in [0.05, 0.1) is 0 Å². The molecular formula is C15H20FN3O2. The minimum Gasteiger partial charge on any atom is -0.368 e. The van der Waals surface area contributed by atoms with Crippen molar-refractivity contribution in [3.63, 3.8) is 0 Å². The van der Waals surface area contributed by atoms with Crippen molar-refractivity contribution in [3.8, 4) is 0 Å². The number of rotatable bonds is 4. The van der Waals surface area contributed by atoms with Crippen LogP contribution in [0.1, 0.15) is 12.0 Å². The molecule has 0 aliphatic carbocycles. The van der Waals surface area contributed by atoms with E-state index in [1.165, 1.54) is 12.1 Å². The maximum Gasteiger partial charge on any atom is 0.236 e. The summed E-state index contributed by atoms with van der Waals surface area (Å²) in [4.78, 5) is 27.1. The first kappa shape index (κ1) is 15.4. The van der Waals surface area contributed by atoms with E-state index in [1.807, 2.05) is 11.9 Å². The summed E-state index contributed by atoms with van der Waals surface area (Å²) in [6, 6.07) is 5.71. The third kappa shape index (κ3) is 4.01. The minimum absolute atomic E-state index is 0.00123. The van der Waals surface area contributed by atoms with Crippen molar-refractivity contribution in [1.29, 1.82) is 0 Å². The first-order valence-electron chi connectivity index (χ1n) is 6.99. The highest BCUT2D eigenvalue weighted by Gasteiger charge is 2.30. The molecule has 5 nitrogen and oxygen atoms in total. The minimum atomic E-state index is -0.423. The zero-order chi connectivity index (χ0) is 15.4. The number of nitrogens with zero attached hydrogens (tertiary/aromatic N) is 2. The second-order valence-corrected chi connectivity index (χ2v) is 5.36. The van der Waals surface area contributed by atoms with Gasteiger partial charge in [-0.3, -0.25) is 14.5 Å².